The van der Waals surface area contributed by atoms with Gasteiger partial charge in [0.15, 0.2) is 11.5 Å². The molecule has 0 bridgehead atoms. The molecule has 5 heteroatoms. The van der Waals surface area contributed by atoms with Crippen molar-refractivity contribution in [3.8, 4) is 11.5 Å². The first-order valence-electron chi connectivity index (χ1n) is 9.29. The Morgan fingerprint density at radius 1 is 1.16 bits per heavy atom. The van der Waals surface area contributed by atoms with Gasteiger partial charge >= 0.3 is 0 Å². The lowest BCUT2D eigenvalue weighted by Crippen LogP contribution is -2.34. The van der Waals surface area contributed by atoms with Crippen molar-refractivity contribution >= 4 is 11.5 Å². The van der Waals surface area contributed by atoms with Gasteiger partial charge in [0, 0.05) is 24.8 Å². The Morgan fingerprint density at radius 2 is 1.92 bits per heavy atom. The van der Waals surface area contributed by atoms with Crippen LogP contribution >= 0.6 is 0 Å². The molecule has 2 aliphatic carbocycles. The van der Waals surface area contributed by atoms with Gasteiger partial charge in [-0.2, -0.15) is 0 Å². The maximum atomic E-state index is 11.5. The number of Topliss-reactive ketones (excluding diaryl/α,β-unsaturated/α-hetero) is 1. The molecule has 5 nitrogen and oxygen atoms in total. The number of oxime groups is 1. The van der Waals surface area contributed by atoms with Crippen LogP contribution < -0.4 is 9.47 Å². The lowest BCUT2D eigenvalue weighted by Gasteiger charge is -2.29. The fourth-order valence-electron chi connectivity index (χ4n) is 4.06. The molecule has 2 fully saturated rings. The van der Waals surface area contributed by atoms with Crippen LogP contribution in [0.15, 0.2) is 23.4 Å². The summed E-state index contributed by atoms with van der Waals surface area (Å²) in [7, 11) is 1.67. The summed E-state index contributed by atoms with van der Waals surface area (Å²) in [6.07, 6.45) is 8.44. The SMILES string of the molecule is COc1ccc(C2=NOC3(CCC(=O)CC3)C2)cc1OC1CCCC1. The van der Waals surface area contributed by atoms with Crippen LogP contribution in [0.2, 0.25) is 0 Å². The zero-order chi connectivity index (χ0) is 17.3. The minimum absolute atomic E-state index is 0.279. The molecule has 0 atom stereocenters. The smallest absolute Gasteiger partial charge is 0.162 e. The summed E-state index contributed by atoms with van der Waals surface area (Å²) in [4.78, 5) is 17.3. The molecular formula is C20H25NO4. The standard InChI is InChI=1S/C20H25NO4/c1-23-18-7-6-14(12-19(18)24-16-4-2-3-5-16)17-13-20(25-21-17)10-8-15(22)9-11-20/h6-7,12,16H,2-5,8-11,13H2,1H3. The molecule has 1 heterocycles. The Hall–Kier alpha value is -2.04. The molecule has 0 aromatic heterocycles. The Morgan fingerprint density at radius 3 is 2.64 bits per heavy atom. The first-order valence-corrected chi connectivity index (χ1v) is 9.29. The molecule has 2 saturated carbocycles. The molecular weight excluding hydrogens is 318 g/mol. The van der Waals surface area contributed by atoms with E-state index in [1.807, 2.05) is 18.2 Å². The third-order valence-electron chi connectivity index (χ3n) is 5.65. The number of rotatable bonds is 4. The van der Waals surface area contributed by atoms with Crippen molar-refractivity contribution in [3.63, 3.8) is 0 Å². The topological polar surface area (TPSA) is 57.1 Å². The predicted molar refractivity (Wildman–Crippen MR) is 94.3 cm³/mol. The number of benzene rings is 1. The van der Waals surface area contributed by atoms with Gasteiger partial charge in [0.25, 0.3) is 0 Å². The molecule has 134 valence electrons. The summed E-state index contributed by atoms with van der Waals surface area (Å²) in [5.74, 6) is 1.88. The highest BCUT2D eigenvalue weighted by molar-refractivity contribution is 6.02. The summed E-state index contributed by atoms with van der Waals surface area (Å²) < 4.78 is 11.6. The molecule has 0 amide bonds. The third kappa shape index (κ3) is 3.37. The van der Waals surface area contributed by atoms with Crippen LogP contribution in [0, 0.1) is 0 Å². The molecule has 4 rings (SSSR count). The molecule has 1 aromatic rings. The van der Waals surface area contributed by atoms with E-state index >= 15 is 0 Å². The van der Waals surface area contributed by atoms with Crippen molar-refractivity contribution in [2.75, 3.05) is 7.11 Å². The third-order valence-corrected chi connectivity index (χ3v) is 5.65. The van der Waals surface area contributed by atoms with Gasteiger partial charge in [-0.15, -0.1) is 0 Å². The largest absolute Gasteiger partial charge is 0.493 e. The van der Waals surface area contributed by atoms with E-state index in [0.717, 1.165) is 54.9 Å². The van der Waals surface area contributed by atoms with Gasteiger partial charge in [0.1, 0.15) is 11.4 Å². The molecule has 0 unspecified atom stereocenters. The van der Waals surface area contributed by atoms with E-state index in [1.54, 1.807) is 7.11 Å². The molecule has 25 heavy (non-hydrogen) atoms. The minimum atomic E-state index is -0.282. The average molecular weight is 343 g/mol. The summed E-state index contributed by atoms with van der Waals surface area (Å²) >= 11 is 0. The summed E-state index contributed by atoms with van der Waals surface area (Å²) in [5.41, 5.74) is 1.67. The molecule has 0 saturated heterocycles. The monoisotopic (exact) mass is 343 g/mol. The summed E-state index contributed by atoms with van der Waals surface area (Å²) in [6, 6.07) is 5.97. The molecule has 0 radical (unpaired) electrons. The number of hydrogen-bond acceptors (Lipinski definition) is 5. The highest BCUT2D eigenvalue weighted by atomic mass is 16.7. The maximum absolute atomic E-state index is 11.5. The van der Waals surface area contributed by atoms with Crippen molar-refractivity contribution in [3.05, 3.63) is 23.8 Å². The van der Waals surface area contributed by atoms with Crippen LogP contribution in [0.25, 0.3) is 0 Å². The number of ether oxygens (including phenoxy) is 2. The maximum Gasteiger partial charge on any atom is 0.162 e. The van der Waals surface area contributed by atoms with Crippen molar-refractivity contribution in [2.45, 2.75) is 69.5 Å². The second-order valence-corrected chi connectivity index (χ2v) is 7.42. The van der Waals surface area contributed by atoms with Crippen molar-refractivity contribution in [1.29, 1.82) is 0 Å². The zero-order valence-corrected chi connectivity index (χ0v) is 14.8. The second kappa shape index (κ2) is 6.70. The van der Waals surface area contributed by atoms with Crippen molar-refractivity contribution in [2.24, 2.45) is 5.16 Å². The molecule has 1 aliphatic heterocycles. The Bertz CT molecular complexity index is 681. The molecule has 3 aliphatic rings. The second-order valence-electron chi connectivity index (χ2n) is 7.42. The van der Waals surface area contributed by atoms with Crippen molar-refractivity contribution in [1.82, 2.24) is 0 Å². The number of methoxy groups -OCH3 is 1. The highest BCUT2D eigenvalue weighted by Crippen LogP contribution is 2.40. The number of ketones is 1. The Labute approximate surface area is 148 Å². The molecule has 0 N–H and O–H groups in total. The van der Waals surface area contributed by atoms with Gasteiger partial charge in [-0.1, -0.05) is 5.16 Å². The van der Waals surface area contributed by atoms with Gasteiger partial charge in [-0.3, -0.25) is 4.79 Å². The van der Waals surface area contributed by atoms with E-state index in [0.29, 0.717) is 18.6 Å². The van der Waals surface area contributed by atoms with Crippen LogP contribution in [0.4, 0.5) is 0 Å². The lowest BCUT2D eigenvalue weighted by molar-refractivity contribution is -0.127. The van der Waals surface area contributed by atoms with E-state index in [4.69, 9.17) is 14.3 Å². The number of carbonyl (C=O) groups is 1. The van der Waals surface area contributed by atoms with Gasteiger partial charge in [0.2, 0.25) is 0 Å². The predicted octanol–water partition coefficient (Wildman–Crippen LogP) is 4.02. The fraction of sp³-hybridized carbons (Fsp3) is 0.600. The van der Waals surface area contributed by atoms with E-state index in [-0.39, 0.29) is 11.7 Å². The van der Waals surface area contributed by atoms with Crippen LogP contribution in [0.3, 0.4) is 0 Å². The zero-order valence-electron chi connectivity index (χ0n) is 14.8. The van der Waals surface area contributed by atoms with E-state index in [9.17, 15) is 4.79 Å². The number of hydrogen-bond donors (Lipinski definition) is 0. The van der Waals surface area contributed by atoms with Gasteiger partial charge < -0.3 is 14.3 Å². The Kier molecular flexibility index (Phi) is 4.40. The van der Waals surface area contributed by atoms with Gasteiger partial charge in [-0.05, 0) is 56.7 Å². The molecule has 1 spiro atoms. The van der Waals surface area contributed by atoms with Crippen LogP contribution in [0.5, 0.6) is 11.5 Å². The number of carbonyl (C=O) groups excluding carboxylic acids is 1. The van der Waals surface area contributed by atoms with Gasteiger partial charge in [0.05, 0.1) is 18.9 Å². The Balaban J connectivity index is 1.51. The normalized spacial score (nSPS) is 22.8. The first-order chi connectivity index (χ1) is 12.2. The van der Waals surface area contributed by atoms with Crippen molar-refractivity contribution < 1.29 is 19.1 Å². The number of nitrogens with zero attached hydrogens (tertiary/aromatic N) is 1. The first kappa shape index (κ1) is 16.4. The van der Waals surface area contributed by atoms with Crippen LogP contribution in [-0.4, -0.2) is 30.3 Å². The van der Waals surface area contributed by atoms with E-state index < -0.39 is 0 Å². The van der Waals surface area contributed by atoms with Gasteiger partial charge in [-0.25, -0.2) is 0 Å². The van der Waals surface area contributed by atoms with Crippen LogP contribution in [0.1, 0.15) is 63.4 Å². The van der Waals surface area contributed by atoms with Crippen LogP contribution in [-0.2, 0) is 9.63 Å². The van der Waals surface area contributed by atoms with E-state index in [1.165, 1.54) is 12.8 Å². The summed E-state index contributed by atoms with van der Waals surface area (Å²) in [6.45, 7) is 0. The van der Waals surface area contributed by atoms with E-state index in [2.05, 4.69) is 5.16 Å². The lowest BCUT2D eigenvalue weighted by atomic mass is 9.80. The summed E-state index contributed by atoms with van der Waals surface area (Å²) in [5, 5.41) is 4.35. The minimum Gasteiger partial charge on any atom is -0.493 e. The highest BCUT2D eigenvalue weighted by Gasteiger charge is 2.42. The molecule has 1 aromatic carbocycles. The quantitative estimate of drug-likeness (QED) is 0.828. The fourth-order valence-corrected chi connectivity index (χ4v) is 4.06. The average Bonchev–Trinajstić information content (AvgIpc) is 3.28.